The summed E-state index contributed by atoms with van der Waals surface area (Å²) in [6, 6.07) is 15.7. The highest BCUT2D eigenvalue weighted by atomic mass is 16.3. The first kappa shape index (κ1) is 17.2. The molecule has 3 rings (SSSR count). The van der Waals surface area contributed by atoms with Crippen molar-refractivity contribution in [3.05, 3.63) is 71.0 Å². The fourth-order valence-electron chi connectivity index (χ4n) is 2.98. The van der Waals surface area contributed by atoms with Crippen LogP contribution in [0.4, 0.5) is 0 Å². The minimum Gasteiger partial charge on any atom is -0.451 e. The van der Waals surface area contributed by atoms with Crippen molar-refractivity contribution in [3.63, 3.8) is 0 Å². The molecule has 0 bridgehead atoms. The Hall–Kier alpha value is -2.59. The lowest BCUT2D eigenvalue weighted by molar-refractivity contribution is 0.0924. The van der Waals surface area contributed by atoms with E-state index in [1.54, 1.807) is 6.07 Å². The maximum absolute atomic E-state index is 12.5. The number of fused-ring (bicyclic) bond motifs is 1. The predicted octanol–water partition coefficient (Wildman–Crippen LogP) is 3.95. The van der Waals surface area contributed by atoms with Gasteiger partial charge < -0.3 is 14.8 Å². The van der Waals surface area contributed by atoms with E-state index in [1.165, 1.54) is 5.56 Å². The van der Waals surface area contributed by atoms with E-state index >= 15 is 0 Å². The number of benzene rings is 2. The lowest BCUT2D eigenvalue weighted by Crippen LogP contribution is -2.28. The lowest BCUT2D eigenvalue weighted by Gasteiger charge is -2.16. The maximum Gasteiger partial charge on any atom is 0.287 e. The van der Waals surface area contributed by atoms with Crippen LogP contribution in [0.5, 0.6) is 0 Å². The summed E-state index contributed by atoms with van der Waals surface area (Å²) in [6.45, 7) is 4.61. The third-order valence-electron chi connectivity index (χ3n) is 4.61. The molecule has 3 aromatic rings. The molecule has 1 unspecified atom stereocenters. The van der Waals surface area contributed by atoms with Crippen LogP contribution in [0.2, 0.25) is 0 Å². The molecule has 2 N–H and O–H groups in total. The standard InChI is InChI=1S/C21H23NO3/c1-14-10-18-12-20(25-19(18)11-15(14)2)21(24)22-13-17(8-9-23)16-6-4-3-5-7-16/h3-7,10-12,17,23H,8-9,13H2,1-2H3,(H,22,24). The number of aliphatic hydroxyl groups is 1. The summed E-state index contributed by atoms with van der Waals surface area (Å²) >= 11 is 0. The Kier molecular flexibility index (Phi) is 5.19. The van der Waals surface area contributed by atoms with Gasteiger partial charge >= 0.3 is 0 Å². The zero-order valence-corrected chi connectivity index (χ0v) is 14.6. The summed E-state index contributed by atoms with van der Waals surface area (Å²) in [5.41, 5.74) is 4.14. The average molecular weight is 337 g/mol. The Morgan fingerprint density at radius 3 is 2.56 bits per heavy atom. The molecule has 130 valence electrons. The highest BCUT2D eigenvalue weighted by Crippen LogP contribution is 2.23. The Morgan fingerprint density at radius 1 is 1.12 bits per heavy atom. The first-order chi connectivity index (χ1) is 12.1. The van der Waals surface area contributed by atoms with Crippen molar-refractivity contribution in [2.45, 2.75) is 26.2 Å². The third-order valence-corrected chi connectivity index (χ3v) is 4.61. The van der Waals surface area contributed by atoms with E-state index in [1.807, 2.05) is 56.3 Å². The van der Waals surface area contributed by atoms with Crippen molar-refractivity contribution >= 4 is 16.9 Å². The van der Waals surface area contributed by atoms with Crippen LogP contribution < -0.4 is 5.32 Å². The monoisotopic (exact) mass is 337 g/mol. The highest BCUT2D eigenvalue weighted by Gasteiger charge is 2.16. The summed E-state index contributed by atoms with van der Waals surface area (Å²) in [7, 11) is 0. The summed E-state index contributed by atoms with van der Waals surface area (Å²) in [5, 5.41) is 13.2. The number of furan rings is 1. The highest BCUT2D eigenvalue weighted by molar-refractivity contribution is 5.96. The van der Waals surface area contributed by atoms with E-state index in [0.29, 0.717) is 18.7 Å². The van der Waals surface area contributed by atoms with Gasteiger partial charge in [-0.3, -0.25) is 4.79 Å². The van der Waals surface area contributed by atoms with Gasteiger partial charge in [0.25, 0.3) is 5.91 Å². The van der Waals surface area contributed by atoms with E-state index < -0.39 is 0 Å². The quantitative estimate of drug-likeness (QED) is 0.716. The molecule has 0 fully saturated rings. The molecule has 0 radical (unpaired) electrons. The van der Waals surface area contributed by atoms with Gasteiger partial charge in [0.2, 0.25) is 0 Å². The topological polar surface area (TPSA) is 62.5 Å². The van der Waals surface area contributed by atoms with Crippen LogP contribution in [0.3, 0.4) is 0 Å². The van der Waals surface area contributed by atoms with Gasteiger partial charge in [0.05, 0.1) is 0 Å². The minimum absolute atomic E-state index is 0.0732. The lowest BCUT2D eigenvalue weighted by atomic mass is 9.96. The van der Waals surface area contributed by atoms with Crippen molar-refractivity contribution < 1.29 is 14.3 Å². The maximum atomic E-state index is 12.5. The van der Waals surface area contributed by atoms with Crippen LogP contribution in [0.25, 0.3) is 11.0 Å². The smallest absolute Gasteiger partial charge is 0.287 e. The summed E-state index contributed by atoms with van der Waals surface area (Å²) in [6.07, 6.45) is 0.600. The molecule has 4 heteroatoms. The van der Waals surface area contributed by atoms with Gasteiger partial charge in [-0.15, -0.1) is 0 Å². The van der Waals surface area contributed by atoms with Gasteiger partial charge in [-0.05, 0) is 55.2 Å². The molecule has 0 saturated carbocycles. The van der Waals surface area contributed by atoms with Crippen molar-refractivity contribution in [1.29, 1.82) is 0 Å². The number of hydrogen-bond donors (Lipinski definition) is 2. The molecule has 1 atom stereocenters. The Bertz CT molecular complexity index is 828. The number of hydrogen-bond acceptors (Lipinski definition) is 3. The molecule has 0 spiro atoms. The van der Waals surface area contributed by atoms with Crippen LogP contribution in [0.15, 0.2) is 52.9 Å². The Balaban J connectivity index is 1.73. The van der Waals surface area contributed by atoms with Gasteiger partial charge in [0.15, 0.2) is 5.76 Å². The zero-order valence-electron chi connectivity index (χ0n) is 14.6. The molecular formula is C21H23NO3. The molecule has 2 aromatic carbocycles. The molecule has 1 aromatic heterocycles. The molecule has 0 aliphatic carbocycles. The van der Waals surface area contributed by atoms with E-state index in [-0.39, 0.29) is 18.4 Å². The Morgan fingerprint density at radius 2 is 1.84 bits per heavy atom. The summed E-state index contributed by atoms with van der Waals surface area (Å²) in [4.78, 5) is 12.5. The van der Waals surface area contributed by atoms with Crippen LogP contribution in [0, 0.1) is 13.8 Å². The summed E-state index contributed by atoms with van der Waals surface area (Å²) < 4.78 is 5.70. The minimum atomic E-state index is -0.231. The summed E-state index contributed by atoms with van der Waals surface area (Å²) in [5.74, 6) is 0.158. The van der Waals surface area contributed by atoms with E-state index in [4.69, 9.17) is 4.42 Å². The number of aliphatic hydroxyl groups excluding tert-OH is 1. The molecule has 1 heterocycles. The van der Waals surface area contributed by atoms with Crippen LogP contribution in [-0.2, 0) is 0 Å². The van der Waals surface area contributed by atoms with Crippen LogP contribution >= 0.6 is 0 Å². The van der Waals surface area contributed by atoms with Gasteiger partial charge in [0.1, 0.15) is 5.58 Å². The molecule has 1 amide bonds. The first-order valence-electron chi connectivity index (χ1n) is 8.53. The van der Waals surface area contributed by atoms with Crippen LogP contribution in [-0.4, -0.2) is 24.2 Å². The number of aryl methyl sites for hydroxylation is 2. The van der Waals surface area contributed by atoms with Crippen molar-refractivity contribution in [3.8, 4) is 0 Å². The molecule has 0 aliphatic rings. The van der Waals surface area contributed by atoms with Crippen molar-refractivity contribution in [2.24, 2.45) is 0 Å². The number of carbonyl (C=O) groups excluding carboxylic acids is 1. The number of rotatable bonds is 6. The van der Waals surface area contributed by atoms with Crippen LogP contribution in [0.1, 0.15) is 39.6 Å². The third kappa shape index (κ3) is 3.91. The average Bonchev–Trinajstić information content (AvgIpc) is 3.02. The van der Waals surface area contributed by atoms with E-state index in [2.05, 4.69) is 5.32 Å². The number of carbonyl (C=O) groups is 1. The predicted molar refractivity (Wildman–Crippen MR) is 98.9 cm³/mol. The largest absolute Gasteiger partial charge is 0.451 e. The van der Waals surface area contributed by atoms with Gasteiger partial charge in [0, 0.05) is 24.5 Å². The molecule has 0 aliphatic heterocycles. The fourth-order valence-corrected chi connectivity index (χ4v) is 2.98. The van der Waals surface area contributed by atoms with Crippen molar-refractivity contribution in [1.82, 2.24) is 5.32 Å². The number of nitrogens with one attached hydrogen (secondary N) is 1. The second-order valence-electron chi connectivity index (χ2n) is 6.41. The molecular weight excluding hydrogens is 314 g/mol. The van der Waals surface area contributed by atoms with Gasteiger partial charge in [-0.2, -0.15) is 0 Å². The molecule has 4 nitrogen and oxygen atoms in total. The molecule has 0 saturated heterocycles. The zero-order chi connectivity index (χ0) is 17.8. The fraction of sp³-hybridized carbons (Fsp3) is 0.286. The van der Waals surface area contributed by atoms with E-state index in [0.717, 1.165) is 22.1 Å². The second kappa shape index (κ2) is 7.53. The second-order valence-corrected chi connectivity index (χ2v) is 6.41. The number of amides is 1. The van der Waals surface area contributed by atoms with E-state index in [9.17, 15) is 9.90 Å². The van der Waals surface area contributed by atoms with Gasteiger partial charge in [-0.25, -0.2) is 0 Å². The molecule has 25 heavy (non-hydrogen) atoms. The van der Waals surface area contributed by atoms with Crippen molar-refractivity contribution in [2.75, 3.05) is 13.2 Å². The SMILES string of the molecule is Cc1cc2cc(C(=O)NCC(CCO)c3ccccc3)oc2cc1C. The Labute approximate surface area is 147 Å². The first-order valence-corrected chi connectivity index (χ1v) is 8.53. The van der Waals surface area contributed by atoms with Gasteiger partial charge in [-0.1, -0.05) is 30.3 Å². The normalized spacial score (nSPS) is 12.3.